The molecule has 0 bridgehead atoms. The van der Waals surface area contributed by atoms with Gasteiger partial charge in [0.15, 0.2) is 0 Å². The molecule has 1 saturated heterocycles. The molecule has 0 saturated carbocycles. The van der Waals surface area contributed by atoms with Crippen molar-refractivity contribution in [2.75, 3.05) is 18.0 Å². The summed E-state index contributed by atoms with van der Waals surface area (Å²) in [7, 11) is 0. The summed E-state index contributed by atoms with van der Waals surface area (Å²) < 4.78 is 3.16. The van der Waals surface area contributed by atoms with Crippen molar-refractivity contribution in [1.82, 2.24) is 29.5 Å². The van der Waals surface area contributed by atoms with Gasteiger partial charge in [0.05, 0.1) is 18.6 Å². The van der Waals surface area contributed by atoms with Crippen LogP contribution in [0, 0.1) is 5.92 Å². The summed E-state index contributed by atoms with van der Waals surface area (Å²) in [5.41, 5.74) is 1.08. The van der Waals surface area contributed by atoms with E-state index in [2.05, 4.69) is 27.1 Å². The maximum atomic E-state index is 12.1. The minimum atomic E-state index is -0.341. The van der Waals surface area contributed by atoms with Crippen LogP contribution in [0.4, 0.5) is 5.82 Å². The number of anilines is 1. The van der Waals surface area contributed by atoms with Gasteiger partial charge in [-0.15, -0.1) is 5.10 Å². The minimum Gasteiger partial charge on any atom is -0.355 e. The van der Waals surface area contributed by atoms with Gasteiger partial charge in [0.25, 0.3) is 5.56 Å². The second-order valence-corrected chi connectivity index (χ2v) is 7.34. The van der Waals surface area contributed by atoms with Gasteiger partial charge in [-0.3, -0.25) is 14.3 Å². The summed E-state index contributed by atoms with van der Waals surface area (Å²) in [4.78, 5) is 23.4. The Kier molecular flexibility index (Phi) is 4.65. The number of hydrogen-bond acceptors (Lipinski definition) is 6. The lowest BCUT2D eigenvalue weighted by atomic mass is 10.2. The van der Waals surface area contributed by atoms with Gasteiger partial charge in [-0.2, -0.15) is 0 Å². The molecule has 0 radical (unpaired) electrons. The Morgan fingerprint density at radius 1 is 1.30 bits per heavy atom. The van der Waals surface area contributed by atoms with Gasteiger partial charge in [-0.05, 0) is 25.3 Å². The quantitative estimate of drug-likeness (QED) is 0.686. The second kappa shape index (κ2) is 7.11. The molecule has 0 amide bonds. The number of rotatable bonds is 4. The van der Waals surface area contributed by atoms with Crippen LogP contribution in [-0.2, 0) is 0 Å². The van der Waals surface area contributed by atoms with E-state index in [0.29, 0.717) is 22.3 Å². The first-order valence-electron chi connectivity index (χ1n) is 8.88. The van der Waals surface area contributed by atoms with Gasteiger partial charge < -0.3 is 4.90 Å². The molecular weight excluding hydrogens is 366 g/mol. The molecule has 0 aliphatic carbocycles. The number of nitrogens with zero attached hydrogens (tertiary/aromatic N) is 7. The molecule has 9 heteroatoms. The summed E-state index contributed by atoms with van der Waals surface area (Å²) >= 11 is 5.86. The standard InChI is InChI=1S/C18H20ClN7O/c1-12-3-5-24(10-12)17-9-20-8-15(21-17)16-11-26(23-22-16)13(2)25-6-4-14(19)7-18(25)27/h4,6-9,11-13H,3,5,10H2,1-2H3/t12-,13?/m0/s1. The van der Waals surface area contributed by atoms with Crippen molar-refractivity contribution < 1.29 is 0 Å². The van der Waals surface area contributed by atoms with Gasteiger partial charge in [0, 0.05) is 30.4 Å². The van der Waals surface area contributed by atoms with Crippen molar-refractivity contribution in [2.24, 2.45) is 5.92 Å². The zero-order valence-electron chi connectivity index (χ0n) is 15.2. The van der Waals surface area contributed by atoms with Crippen LogP contribution in [0.25, 0.3) is 11.4 Å². The van der Waals surface area contributed by atoms with Crippen LogP contribution < -0.4 is 10.5 Å². The molecule has 3 aromatic rings. The molecular formula is C18H20ClN7O. The van der Waals surface area contributed by atoms with Crippen LogP contribution in [0.3, 0.4) is 0 Å². The van der Waals surface area contributed by atoms with E-state index in [9.17, 15) is 4.79 Å². The van der Waals surface area contributed by atoms with E-state index in [0.717, 1.165) is 25.3 Å². The average Bonchev–Trinajstić information content (AvgIpc) is 3.31. The van der Waals surface area contributed by atoms with Crippen LogP contribution in [0.2, 0.25) is 5.02 Å². The first-order valence-corrected chi connectivity index (χ1v) is 9.26. The van der Waals surface area contributed by atoms with Gasteiger partial charge in [0.1, 0.15) is 23.4 Å². The predicted octanol–water partition coefficient (Wildman–Crippen LogP) is 2.46. The smallest absolute Gasteiger partial charge is 0.253 e. The molecule has 1 fully saturated rings. The Morgan fingerprint density at radius 3 is 2.89 bits per heavy atom. The number of hydrogen-bond donors (Lipinski definition) is 0. The van der Waals surface area contributed by atoms with E-state index >= 15 is 0 Å². The fourth-order valence-corrected chi connectivity index (χ4v) is 3.40. The monoisotopic (exact) mass is 385 g/mol. The third kappa shape index (κ3) is 3.57. The fraction of sp³-hybridized carbons (Fsp3) is 0.389. The van der Waals surface area contributed by atoms with Gasteiger partial charge in [-0.25, -0.2) is 9.67 Å². The lowest BCUT2D eigenvalue weighted by molar-refractivity contribution is 0.405. The molecule has 2 atom stereocenters. The third-order valence-corrected chi connectivity index (χ3v) is 5.07. The lowest BCUT2D eigenvalue weighted by Crippen LogP contribution is -2.26. The number of pyridine rings is 1. The Balaban J connectivity index is 1.60. The van der Waals surface area contributed by atoms with E-state index in [1.165, 1.54) is 10.6 Å². The van der Waals surface area contributed by atoms with E-state index in [1.54, 1.807) is 35.5 Å². The summed E-state index contributed by atoms with van der Waals surface area (Å²) in [6, 6.07) is 3.05. The highest BCUT2D eigenvalue weighted by molar-refractivity contribution is 6.30. The summed E-state index contributed by atoms with van der Waals surface area (Å²) in [5, 5.41) is 8.79. The van der Waals surface area contributed by atoms with Crippen molar-refractivity contribution in [3.8, 4) is 11.4 Å². The Bertz CT molecular complexity index is 1010. The van der Waals surface area contributed by atoms with Crippen LogP contribution in [0.15, 0.2) is 41.7 Å². The SMILES string of the molecule is CC(n1cc(-c2cncc(N3CC[C@H](C)C3)n2)nn1)n1ccc(Cl)cc1=O. The van der Waals surface area contributed by atoms with Crippen molar-refractivity contribution in [3.63, 3.8) is 0 Å². The van der Waals surface area contributed by atoms with Crippen LogP contribution in [-0.4, -0.2) is 42.6 Å². The molecule has 0 spiro atoms. The third-order valence-electron chi connectivity index (χ3n) is 4.84. The van der Waals surface area contributed by atoms with E-state index in [1.807, 2.05) is 6.92 Å². The molecule has 4 heterocycles. The van der Waals surface area contributed by atoms with Crippen molar-refractivity contribution in [1.29, 1.82) is 0 Å². The van der Waals surface area contributed by atoms with Crippen LogP contribution in [0.5, 0.6) is 0 Å². The van der Waals surface area contributed by atoms with Crippen molar-refractivity contribution >= 4 is 17.4 Å². The molecule has 0 aromatic carbocycles. The van der Waals surface area contributed by atoms with Gasteiger partial charge >= 0.3 is 0 Å². The second-order valence-electron chi connectivity index (χ2n) is 6.91. The fourth-order valence-electron chi connectivity index (χ4n) is 3.25. The average molecular weight is 386 g/mol. The zero-order chi connectivity index (χ0) is 19.0. The highest BCUT2D eigenvalue weighted by atomic mass is 35.5. The normalized spacial score (nSPS) is 18.0. The number of aromatic nitrogens is 6. The molecule has 8 nitrogen and oxygen atoms in total. The summed E-state index contributed by atoms with van der Waals surface area (Å²) in [6.45, 7) is 6.08. The van der Waals surface area contributed by atoms with Crippen LogP contribution >= 0.6 is 11.6 Å². The first kappa shape index (κ1) is 17.7. The van der Waals surface area contributed by atoms with Crippen molar-refractivity contribution in [2.45, 2.75) is 26.4 Å². The molecule has 1 aliphatic rings. The molecule has 140 valence electrons. The number of halogens is 1. The van der Waals surface area contributed by atoms with Gasteiger partial charge in [-0.1, -0.05) is 23.7 Å². The maximum absolute atomic E-state index is 12.1. The Morgan fingerprint density at radius 2 is 2.15 bits per heavy atom. The molecule has 3 aromatic heterocycles. The molecule has 27 heavy (non-hydrogen) atoms. The Labute approximate surface area is 161 Å². The topological polar surface area (TPSA) is 81.7 Å². The van der Waals surface area contributed by atoms with E-state index < -0.39 is 0 Å². The highest BCUT2D eigenvalue weighted by Gasteiger charge is 2.21. The van der Waals surface area contributed by atoms with E-state index in [-0.39, 0.29) is 11.7 Å². The molecule has 1 aliphatic heterocycles. The molecule has 4 rings (SSSR count). The highest BCUT2D eigenvalue weighted by Crippen LogP contribution is 2.23. The zero-order valence-corrected chi connectivity index (χ0v) is 15.9. The predicted molar refractivity (Wildman–Crippen MR) is 103 cm³/mol. The molecule has 0 N–H and O–H groups in total. The van der Waals surface area contributed by atoms with Crippen LogP contribution in [0.1, 0.15) is 26.4 Å². The summed E-state index contributed by atoms with van der Waals surface area (Å²) in [6.07, 6.45) is 7.69. The Hall–Kier alpha value is -2.74. The van der Waals surface area contributed by atoms with Gasteiger partial charge in [0.2, 0.25) is 0 Å². The largest absolute Gasteiger partial charge is 0.355 e. The minimum absolute atomic E-state index is 0.197. The molecule has 1 unspecified atom stereocenters. The summed E-state index contributed by atoms with van der Waals surface area (Å²) in [5.74, 6) is 1.52. The van der Waals surface area contributed by atoms with Crippen molar-refractivity contribution in [3.05, 3.63) is 52.3 Å². The lowest BCUT2D eigenvalue weighted by Gasteiger charge is -2.16. The first-order chi connectivity index (χ1) is 13.0. The maximum Gasteiger partial charge on any atom is 0.253 e. The van der Waals surface area contributed by atoms with E-state index in [4.69, 9.17) is 16.6 Å².